The number of nitrogens with zero attached hydrogens (tertiary/aromatic N) is 2. The average molecular weight is 345 g/mol. The lowest BCUT2D eigenvalue weighted by atomic mass is 10.00. The Bertz CT molecular complexity index is 713. The number of hydrogen-bond acceptors (Lipinski definition) is 5. The molecule has 2 fully saturated rings. The molecule has 4 amide bonds. The molecule has 8 nitrogen and oxygen atoms in total. The van der Waals surface area contributed by atoms with Crippen LogP contribution < -0.4 is 14.8 Å². The number of carbonyl (C=O) groups excluding carboxylic acids is 3. The molecule has 0 spiro atoms. The standard InChI is InChI=1S/C17H19N3O5/c21-15-3-4-16(22)20(15)9-12-7-19(8-12)17(23)18-6-11-1-2-13-14(5-11)25-10-24-13/h1-2,5,12H,3-4,6-10H2,(H,18,23). The van der Waals surface area contributed by atoms with E-state index in [0.29, 0.717) is 50.5 Å². The van der Waals surface area contributed by atoms with Crippen molar-refractivity contribution in [2.24, 2.45) is 5.92 Å². The number of hydrogen-bond donors (Lipinski definition) is 1. The first-order valence-electron chi connectivity index (χ1n) is 8.34. The number of benzene rings is 1. The first-order chi connectivity index (χ1) is 12.1. The summed E-state index contributed by atoms with van der Waals surface area (Å²) >= 11 is 0. The Morgan fingerprint density at radius 2 is 1.84 bits per heavy atom. The third-order valence-electron chi connectivity index (χ3n) is 4.72. The van der Waals surface area contributed by atoms with Gasteiger partial charge in [-0.2, -0.15) is 0 Å². The van der Waals surface area contributed by atoms with E-state index in [2.05, 4.69) is 5.32 Å². The van der Waals surface area contributed by atoms with Crippen molar-refractivity contribution < 1.29 is 23.9 Å². The van der Waals surface area contributed by atoms with Crippen LogP contribution in [0.15, 0.2) is 18.2 Å². The molecule has 0 saturated carbocycles. The number of ether oxygens (including phenoxy) is 2. The summed E-state index contributed by atoms with van der Waals surface area (Å²) < 4.78 is 10.6. The minimum atomic E-state index is -0.145. The van der Waals surface area contributed by atoms with Crippen molar-refractivity contribution >= 4 is 17.8 Å². The summed E-state index contributed by atoms with van der Waals surface area (Å²) in [7, 11) is 0. The van der Waals surface area contributed by atoms with Gasteiger partial charge < -0.3 is 19.7 Å². The van der Waals surface area contributed by atoms with E-state index in [1.165, 1.54) is 4.90 Å². The van der Waals surface area contributed by atoms with Crippen LogP contribution in [0.1, 0.15) is 18.4 Å². The van der Waals surface area contributed by atoms with Crippen LogP contribution in [-0.4, -0.2) is 54.1 Å². The minimum absolute atomic E-state index is 0.101. The summed E-state index contributed by atoms with van der Waals surface area (Å²) in [6.07, 6.45) is 0.622. The summed E-state index contributed by atoms with van der Waals surface area (Å²) in [5, 5.41) is 2.87. The summed E-state index contributed by atoms with van der Waals surface area (Å²) in [6, 6.07) is 5.42. The lowest BCUT2D eigenvalue weighted by molar-refractivity contribution is -0.139. The summed E-state index contributed by atoms with van der Waals surface area (Å²) in [4.78, 5) is 38.4. The molecule has 0 aromatic heterocycles. The number of fused-ring (bicyclic) bond motifs is 1. The number of likely N-dealkylation sites (tertiary alicyclic amines) is 2. The highest BCUT2D eigenvalue weighted by molar-refractivity contribution is 6.01. The predicted octanol–water partition coefficient (Wildman–Crippen LogP) is 0.706. The third kappa shape index (κ3) is 3.11. The van der Waals surface area contributed by atoms with E-state index in [-0.39, 0.29) is 30.6 Å². The van der Waals surface area contributed by atoms with Crippen molar-refractivity contribution in [1.29, 1.82) is 0 Å². The molecule has 0 atom stereocenters. The fourth-order valence-corrected chi connectivity index (χ4v) is 3.28. The Morgan fingerprint density at radius 1 is 1.12 bits per heavy atom. The summed E-state index contributed by atoms with van der Waals surface area (Å²) in [5.41, 5.74) is 0.933. The third-order valence-corrected chi connectivity index (χ3v) is 4.72. The quantitative estimate of drug-likeness (QED) is 0.812. The Labute approximate surface area is 144 Å². The monoisotopic (exact) mass is 345 g/mol. The van der Waals surface area contributed by atoms with E-state index in [9.17, 15) is 14.4 Å². The lowest BCUT2D eigenvalue weighted by Crippen LogP contribution is -2.56. The van der Waals surface area contributed by atoms with Crippen molar-refractivity contribution in [3.8, 4) is 11.5 Å². The number of urea groups is 1. The molecule has 3 aliphatic heterocycles. The van der Waals surface area contributed by atoms with E-state index in [4.69, 9.17) is 9.47 Å². The molecule has 0 unspecified atom stereocenters. The van der Waals surface area contributed by atoms with Gasteiger partial charge in [-0.1, -0.05) is 6.07 Å². The van der Waals surface area contributed by atoms with Crippen LogP contribution in [0, 0.1) is 5.92 Å². The Hall–Kier alpha value is -2.77. The first kappa shape index (κ1) is 15.7. The van der Waals surface area contributed by atoms with E-state index >= 15 is 0 Å². The molecular formula is C17H19N3O5. The minimum Gasteiger partial charge on any atom is -0.454 e. The molecule has 1 N–H and O–H groups in total. The van der Waals surface area contributed by atoms with Crippen molar-refractivity contribution in [1.82, 2.24) is 15.1 Å². The smallest absolute Gasteiger partial charge is 0.317 e. The largest absolute Gasteiger partial charge is 0.454 e. The van der Waals surface area contributed by atoms with Crippen LogP contribution in [0.2, 0.25) is 0 Å². The van der Waals surface area contributed by atoms with E-state index in [0.717, 1.165) is 5.56 Å². The second kappa shape index (κ2) is 6.27. The van der Waals surface area contributed by atoms with Crippen molar-refractivity contribution in [3.05, 3.63) is 23.8 Å². The molecule has 1 aromatic carbocycles. The van der Waals surface area contributed by atoms with Gasteiger partial charge in [0, 0.05) is 44.9 Å². The van der Waals surface area contributed by atoms with Gasteiger partial charge in [-0.05, 0) is 17.7 Å². The van der Waals surface area contributed by atoms with Gasteiger partial charge in [-0.15, -0.1) is 0 Å². The Balaban J connectivity index is 1.22. The average Bonchev–Trinajstić information content (AvgIpc) is 3.15. The molecule has 3 aliphatic rings. The summed E-state index contributed by atoms with van der Waals surface area (Å²) in [6.45, 7) is 2.17. The molecule has 0 aliphatic carbocycles. The molecule has 3 heterocycles. The number of amides is 4. The van der Waals surface area contributed by atoms with Gasteiger partial charge in [0.05, 0.1) is 0 Å². The first-order valence-corrected chi connectivity index (χ1v) is 8.34. The van der Waals surface area contributed by atoms with Gasteiger partial charge in [-0.25, -0.2) is 4.79 Å². The maximum Gasteiger partial charge on any atom is 0.317 e. The Kier molecular flexibility index (Phi) is 3.95. The molecule has 4 rings (SSSR count). The fourth-order valence-electron chi connectivity index (χ4n) is 3.28. The summed E-state index contributed by atoms with van der Waals surface area (Å²) in [5.74, 6) is 1.37. The number of carbonyl (C=O) groups is 3. The van der Waals surface area contributed by atoms with Crippen LogP contribution >= 0.6 is 0 Å². The predicted molar refractivity (Wildman–Crippen MR) is 85.8 cm³/mol. The maximum absolute atomic E-state index is 12.2. The molecule has 8 heteroatoms. The van der Waals surface area contributed by atoms with Gasteiger partial charge >= 0.3 is 6.03 Å². The molecule has 0 radical (unpaired) electrons. The highest BCUT2D eigenvalue weighted by atomic mass is 16.7. The zero-order chi connectivity index (χ0) is 17.4. The van der Waals surface area contributed by atoms with Gasteiger partial charge in [0.2, 0.25) is 18.6 Å². The zero-order valence-corrected chi connectivity index (χ0v) is 13.7. The second-order valence-electron chi connectivity index (χ2n) is 6.52. The molecular weight excluding hydrogens is 326 g/mol. The lowest BCUT2D eigenvalue weighted by Gasteiger charge is -2.40. The number of rotatable bonds is 4. The van der Waals surface area contributed by atoms with E-state index < -0.39 is 0 Å². The van der Waals surface area contributed by atoms with E-state index in [1.54, 1.807) is 4.90 Å². The van der Waals surface area contributed by atoms with Crippen LogP contribution in [0.5, 0.6) is 11.5 Å². The number of imide groups is 1. The van der Waals surface area contributed by atoms with Crippen molar-refractivity contribution in [3.63, 3.8) is 0 Å². The van der Waals surface area contributed by atoms with Crippen LogP contribution in [0.3, 0.4) is 0 Å². The molecule has 2 saturated heterocycles. The highest BCUT2D eigenvalue weighted by Gasteiger charge is 2.36. The maximum atomic E-state index is 12.2. The molecule has 0 bridgehead atoms. The van der Waals surface area contributed by atoms with Crippen LogP contribution in [0.25, 0.3) is 0 Å². The fraction of sp³-hybridized carbons (Fsp3) is 0.471. The number of nitrogens with one attached hydrogen (secondary N) is 1. The van der Waals surface area contributed by atoms with Crippen LogP contribution in [-0.2, 0) is 16.1 Å². The van der Waals surface area contributed by atoms with Crippen molar-refractivity contribution in [2.45, 2.75) is 19.4 Å². The van der Waals surface area contributed by atoms with Gasteiger partial charge in [0.15, 0.2) is 11.5 Å². The molecule has 1 aromatic rings. The normalized spacial score (nSPS) is 19.4. The topological polar surface area (TPSA) is 88.2 Å². The van der Waals surface area contributed by atoms with E-state index in [1.807, 2.05) is 18.2 Å². The zero-order valence-electron chi connectivity index (χ0n) is 13.7. The second-order valence-corrected chi connectivity index (χ2v) is 6.52. The van der Waals surface area contributed by atoms with Gasteiger partial charge in [0.25, 0.3) is 0 Å². The molecule has 25 heavy (non-hydrogen) atoms. The highest BCUT2D eigenvalue weighted by Crippen LogP contribution is 2.32. The van der Waals surface area contributed by atoms with Crippen molar-refractivity contribution in [2.75, 3.05) is 26.4 Å². The van der Waals surface area contributed by atoms with Gasteiger partial charge in [0.1, 0.15) is 0 Å². The molecule has 132 valence electrons. The van der Waals surface area contributed by atoms with Crippen LogP contribution in [0.4, 0.5) is 4.79 Å². The van der Waals surface area contributed by atoms with Gasteiger partial charge in [-0.3, -0.25) is 14.5 Å². The Morgan fingerprint density at radius 3 is 2.60 bits per heavy atom. The SMILES string of the molecule is O=C(NCc1ccc2c(c1)OCO2)N1CC(CN2C(=O)CCC2=O)C1.